The number of rotatable bonds is 1. The van der Waals surface area contributed by atoms with Gasteiger partial charge in [-0.2, -0.15) is 0 Å². The van der Waals surface area contributed by atoms with Gasteiger partial charge in [0.15, 0.2) is 0 Å². The Morgan fingerprint density at radius 1 is 1.06 bits per heavy atom. The average molecular weight is 295 g/mol. The van der Waals surface area contributed by atoms with Crippen LogP contribution >= 0.6 is 0 Å². The van der Waals surface area contributed by atoms with Gasteiger partial charge in [-0.3, -0.25) is 0 Å². The van der Waals surface area contributed by atoms with Crippen LogP contribution in [0.25, 0.3) is 0 Å². The van der Waals surface area contributed by atoms with Crippen molar-refractivity contribution >= 4 is 16.2 Å². The zero-order valence-electron chi connectivity index (χ0n) is 8.91. The summed E-state index contributed by atoms with van der Waals surface area (Å²) in [6.45, 7) is 0. The van der Waals surface area contributed by atoms with E-state index in [0.717, 1.165) is 0 Å². The van der Waals surface area contributed by atoms with Gasteiger partial charge in [-0.15, -0.1) is 0 Å². The van der Waals surface area contributed by atoms with Gasteiger partial charge in [0.1, 0.15) is 0 Å². The summed E-state index contributed by atoms with van der Waals surface area (Å²) >= 11 is 0. The Morgan fingerprint density at radius 2 is 1.38 bits per heavy atom. The molecule has 16 heavy (non-hydrogen) atoms. The van der Waals surface area contributed by atoms with Crippen molar-refractivity contribution in [3.8, 4) is 0 Å². The molecule has 0 amide bonds. The third-order valence-corrected chi connectivity index (χ3v) is 2.00. The van der Waals surface area contributed by atoms with Gasteiger partial charge in [0.05, 0.1) is 4.90 Å². The van der Waals surface area contributed by atoms with Gasteiger partial charge >= 0.3 is 103 Å². The number of carbonyl (C=O) groups is 1. The van der Waals surface area contributed by atoms with E-state index in [1.807, 2.05) is 0 Å². The summed E-state index contributed by atoms with van der Waals surface area (Å²) in [6, 6.07) is 7.89. The Kier molecular flexibility index (Phi) is 16.8. The second kappa shape index (κ2) is 11.7. The molecule has 6 nitrogen and oxygen atoms in total. The van der Waals surface area contributed by atoms with Crippen molar-refractivity contribution < 1.29 is 126 Å². The van der Waals surface area contributed by atoms with Crippen LogP contribution in [0, 0.1) is 0 Å². The Labute approximate surface area is 178 Å². The normalized spacial score (nSPS) is 8.56. The second-order valence-corrected chi connectivity index (χ2v) is 3.67. The van der Waals surface area contributed by atoms with Crippen LogP contribution in [0.5, 0.6) is 0 Å². The first-order chi connectivity index (χ1) is 6.34. The van der Waals surface area contributed by atoms with Crippen LogP contribution in [0.4, 0.5) is 4.79 Å². The van der Waals surface area contributed by atoms with Gasteiger partial charge in [0, 0.05) is 0 Å². The molecule has 0 saturated carbocycles. The Balaban J connectivity index is -0.000000249. The molecule has 0 bridgehead atoms. The molecular weight excluding hydrogens is 288 g/mol. The van der Waals surface area contributed by atoms with Crippen LogP contribution in [0.15, 0.2) is 35.2 Å². The van der Waals surface area contributed by atoms with Crippen LogP contribution in [-0.2, 0) is 10.0 Å². The zero-order valence-corrected chi connectivity index (χ0v) is 16.0. The number of hydrogen-bond donors (Lipinski definition) is 1. The van der Waals surface area contributed by atoms with E-state index in [9.17, 15) is 8.42 Å². The fourth-order valence-corrected chi connectivity index (χ4v) is 1.15. The van der Waals surface area contributed by atoms with Gasteiger partial charge in [-0.05, 0) is 18.3 Å². The molecule has 1 rings (SSSR count). The number of primary sulfonamides is 1. The van der Waals surface area contributed by atoms with E-state index in [-0.39, 0.29) is 108 Å². The molecule has 78 valence electrons. The van der Waals surface area contributed by atoms with Crippen molar-refractivity contribution in [2.45, 2.75) is 4.90 Å². The van der Waals surface area contributed by atoms with Crippen molar-refractivity contribution in [1.29, 1.82) is 0 Å². The van der Waals surface area contributed by atoms with E-state index in [1.54, 1.807) is 18.2 Å². The fourth-order valence-electron chi connectivity index (χ4n) is 0.610. The van der Waals surface area contributed by atoms with E-state index in [0.29, 0.717) is 0 Å². The van der Waals surface area contributed by atoms with Gasteiger partial charge in [0.2, 0.25) is 10.0 Å². The van der Waals surface area contributed by atoms with E-state index in [4.69, 9.17) is 20.1 Å². The van der Waals surface area contributed by atoms with Crippen molar-refractivity contribution in [2.24, 2.45) is 5.14 Å². The largest absolute Gasteiger partial charge is 1.00 e. The molecule has 2 N–H and O–H groups in total. The maximum atomic E-state index is 10.6. The summed E-state index contributed by atoms with van der Waals surface area (Å²) in [4.78, 5) is 8.48. The predicted octanol–water partition coefficient (Wildman–Crippen LogP) is -8.11. The van der Waals surface area contributed by atoms with Crippen LogP contribution in [-0.4, -0.2) is 14.6 Å². The molecule has 0 atom stereocenters. The van der Waals surface area contributed by atoms with Gasteiger partial charge in [0.25, 0.3) is 0 Å². The van der Waals surface area contributed by atoms with E-state index < -0.39 is 16.2 Å². The Morgan fingerprint density at radius 3 is 1.56 bits per heavy atom. The average Bonchev–Trinajstić information content (AvgIpc) is 2.03. The molecular formula is C7H7K2NO5S. The summed E-state index contributed by atoms with van der Waals surface area (Å²) in [7, 11) is -3.50. The summed E-state index contributed by atoms with van der Waals surface area (Å²) in [5.41, 5.74) is 0. The molecule has 0 aromatic heterocycles. The third kappa shape index (κ3) is 13.7. The molecule has 0 aliphatic rings. The Hall–Kier alpha value is 1.67. The molecule has 1 aromatic rings. The standard InChI is InChI=1S/C6H7NO2S.CH2O3.2K/c7-10(8,9)6-4-2-1-3-5-6;2-1(3)4;;/h1-5H,(H2,7,8,9);(H2,2,3,4);;/q;;2*+1/p-2. The number of sulfonamides is 1. The predicted molar refractivity (Wildman–Crippen MR) is 43.2 cm³/mol. The van der Waals surface area contributed by atoms with Gasteiger partial charge in [-0.25, -0.2) is 13.6 Å². The molecule has 0 saturated heterocycles. The van der Waals surface area contributed by atoms with Crippen molar-refractivity contribution in [1.82, 2.24) is 0 Å². The molecule has 0 spiro atoms. The van der Waals surface area contributed by atoms with Gasteiger partial charge < -0.3 is 15.0 Å². The number of nitrogens with two attached hydrogens (primary N) is 1. The van der Waals surface area contributed by atoms with Crippen LogP contribution in [0.2, 0.25) is 0 Å². The maximum absolute atomic E-state index is 10.6. The maximum Gasteiger partial charge on any atom is 1.00 e. The number of benzene rings is 1. The summed E-state index contributed by atoms with van der Waals surface area (Å²) in [5.74, 6) is 0. The molecule has 0 radical (unpaired) electrons. The van der Waals surface area contributed by atoms with Crippen LogP contribution < -0.4 is 118 Å². The van der Waals surface area contributed by atoms with Crippen molar-refractivity contribution in [2.75, 3.05) is 0 Å². The number of carboxylic acid groups (broad SMARTS) is 2. The molecule has 0 aliphatic carbocycles. The smallest absolute Gasteiger partial charge is 0.652 e. The van der Waals surface area contributed by atoms with Crippen molar-refractivity contribution in [3.05, 3.63) is 30.3 Å². The molecule has 0 heterocycles. The van der Waals surface area contributed by atoms with Crippen molar-refractivity contribution in [3.63, 3.8) is 0 Å². The molecule has 1 aromatic carbocycles. The molecule has 0 unspecified atom stereocenters. The molecule has 9 heteroatoms. The topological polar surface area (TPSA) is 123 Å². The first-order valence-corrected chi connectivity index (χ1v) is 4.84. The number of hydrogen-bond acceptors (Lipinski definition) is 5. The summed E-state index contributed by atoms with van der Waals surface area (Å²) < 4.78 is 21.2. The minimum absolute atomic E-state index is 0. The SMILES string of the molecule is NS(=O)(=O)c1ccccc1.O=C([O-])[O-].[K+].[K+]. The minimum Gasteiger partial charge on any atom is -0.652 e. The van der Waals surface area contributed by atoms with Gasteiger partial charge in [-0.1, -0.05) is 18.2 Å². The molecule has 0 fully saturated rings. The first-order valence-electron chi connectivity index (χ1n) is 3.30. The quantitative estimate of drug-likeness (QED) is 0.515. The minimum atomic E-state index is -3.50. The van der Waals surface area contributed by atoms with Crippen LogP contribution in [0.1, 0.15) is 0 Å². The first kappa shape index (κ1) is 22.8. The second-order valence-electron chi connectivity index (χ2n) is 2.11. The number of carbonyl (C=O) groups excluding carboxylic acids is 1. The third-order valence-electron chi connectivity index (χ3n) is 1.07. The summed E-state index contributed by atoms with van der Waals surface area (Å²) in [5, 5.41) is 21.5. The van der Waals surface area contributed by atoms with Crippen LogP contribution in [0.3, 0.4) is 0 Å². The molecule has 0 aliphatic heterocycles. The van der Waals surface area contributed by atoms with E-state index in [2.05, 4.69) is 0 Å². The van der Waals surface area contributed by atoms with E-state index in [1.165, 1.54) is 12.1 Å². The summed E-state index contributed by atoms with van der Waals surface area (Å²) in [6.07, 6.45) is -2.33. The van der Waals surface area contributed by atoms with E-state index >= 15 is 0 Å². The monoisotopic (exact) mass is 295 g/mol. The fraction of sp³-hybridized carbons (Fsp3) is 0. The zero-order chi connectivity index (χ0) is 11.2. The Bertz CT molecular complexity index is 390.